The number of nitrogens with zero attached hydrogens (tertiary/aromatic N) is 1. The van der Waals surface area contributed by atoms with Crippen LogP contribution in [0.4, 0.5) is 0 Å². The second-order valence-corrected chi connectivity index (χ2v) is 7.77. The summed E-state index contributed by atoms with van der Waals surface area (Å²) in [7, 11) is 0. The molecule has 0 aromatic heterocycles. The number of piperazine rings is 1. The summed E-state index contributed by atoms with van der Waals surface area (Å²) in [6, 6.07) is 17.9. The number of amides is 1. The van der Waals surface area contributed by atoms with Crippen LogP contribution in [-0.4, -0.2) is 61.6 Å². The first-order valence-corrected chi connectivity index (χ1v) is 10.4. The molecule has 31 heavy (non-hydrogen) atoms. The Morgan fingerprint density at radius 2 is 1.90 bits per heavy atom. The topological polar surface area (TPSA) is 80.3 Å². The Morgan fingerprint density at radius 3 is 2.77 bits per heavy atom. The van der Waals surface area contributed by atoms with Crippen LogP contribution in [0.5, 0.6) is 17.2 Å². The van der Waals surface area contributed by atoms with Gasteiger partial charge in [-0.05, 0) is 34.7 Å². The van der Waals surface area contributed by atoms with Crippen molar-refractivity contribution in [3.8, 4) is 28.4 Å². The fraction of sp³-hybridized carbons (Fsp3) is 0.292. The second kappa shape index (κ2) is 8.45. The number of β-amino-alcohol motifs (C(OH)–C–C–N with tert-alkyl or cyclic N) is 1. The van der Waals surface area contributed by atoms with Crippen molar-refractivity contribution in [2.45, 2.75) is 6.10 Å². The van der Waals surface area contributed by atoms with Gasteiger partial charge in [0.25, 0.3) is 0 Å². The van der Waals surface area contributed by atoms with Gasteiger partial charge >= 0.3 is 0 Å². The van der Waals surface area contributed by atoms with Gasteiger partial charge in [0.15, 0.2) is 11.5 Å². The second-order valence-electron chi connectivity index (χ2n) is 7.77. The van der Waals surface area contributed by atoms with E-state index >= 15 is 0 Å². The highest BCUT2D eigenvalue weighted by Gasteiger charge is 2.20. The largest absolute Gasteiger partial charge is 0.490 e. The Morgan fingerprint density at radius 1 is 1.06 bits per heavy atom. The molecule has 2 heterocycles. The van der Waals surface area contributed by atoms with Gasteiger partial charge in [-0.3, -0.25) is 9.69 Å². The Hall–Kier alpha value is -3.29. The number of fused-ring (bicyclic) bond motifs is 2. The van der Waals surface area contributed by atoms with E-state index in [1.807, 2.05) is 53.4 Å². The number of rotatable bonds is 6. The van der Waals surface area contributed by atoms with Gasteiger partial charge in [0, 0.05) is 25.0 Å². The molecule has 2 aliphatic rings. The molecule has 160 valence electrons. The maximum atomic E-state index is 11.5. The summed E-state index contributed by atoms with van der Waals surface area (Å²) in [6.07, 6.45) is -0.682. The zero-order valence-electron chi connectivity index (χ0n) is 17.0. The molecule has 3 aromatic rings. The molecule has 0 saturated carbocycles. The minimum Gasteiger partial charge on any atom is -0.490 e. The lowest BCUT2D eigenvalue weighted by atomic mass is 9.97. The maximum absolute atomic E-state index is 11.5. The number of aliphatic hydroxyl groups excluding tert-OH is 1. The third kappa shape index (κ3) is 4.15. The number of carbonyl (C=O) groups excluding carboxylic acids is 1. The van der Waals surface area contributed by atoms with Gasteiger partial charge in [-0.1, -0.05) is 36.4 Å². The van der Waals surface area contributed by atoms with E-state index in [0.717, 1.165) is 45.7 Å². The molecular weight excluding hydrogens is 396 g/mol. The van der Waals surface area contributed by atoms with Crippen molar-refractivity contribution >= 4 is 16.7 Å². The van der Waals surface area contributed by atoms with Crippen LogP contribution in [-0.2, 0) is 4.79 Å². The molecular formula is C24H24N2O5. The van der Waals surface area contributed by atoms with E-state index in [2.05, 4.69) is 11.4 Å². The van der Waals surface area contributed by atoms with Crippen molar-refractivity contribution in [2.24, 2.45) is 0 Å². The van der Waals surface area contributed by atoms with Crippen molar-refractivity contribution in [1.29, 1.82) is 0 Å². The number of hydrogen-bond acceptors (Lipinski definition) is 6. The minimum absolute atomic E-state index is 0.00975. The van der Waals surface area contributed by atoms with Crippen LogP contribution in [0.1, 0.15) is 0 Å². The standard InChI is InChI=1S/C24H24N2O5/c27-17(12-26-10-9-25-24(28)13-26)14-29-21-8-6-18(19-3-1-2-4-20(19)21)16-5-7-22-23(11-16)31-15-30-22/h1-8,11,17,27H,9-10,12-15H2,(H,25,28). The number of aliphatic hydroxyl groups is 1. The van der Waals surface area contributed by atoms with E-state index in [0.29, 0.717) is 19.6 Å². The Balaban J connectivity index is 1.34. The molecule has 1 fully saturated rings. The average molecular weight is 420 g/mol. The predicted molar refractivity (Wildman–Crippen MR) is 116 cm³/mol. The third-order valence-corrected chi connectivity index (χ3v) is 5.59. The smallest absolute Gasteiger partial charge is 0.234 e. The van der Waals surface area contributed by atoms with Gasteiger partial charge in [-0.15, -0.1) is 0 Å². The fourth-order valence-corrected chi connectivity index (χ4v) is 4.10. The SMILES string of the molecule is O=C1CN(CC(O)COc2ccc(-c3ccc4c(c3)OCO4)c3ccccc23)CCN1. The lowest BCUT2D eigenvalue weighted by molar-refractivity contribution is -0.124. The Bertz CT molecular complexity index is 1120. The number of nitrogens with one attached hydrogen (secondary N) is 1. The van der Waals surface area contributed by atoms with Crippen LogP contribution in [0, 0.1) is 0 Å². The van der Waals surface area contributed by atoms with Crippen LogP contribution < -0.4 is 19.5 Å². The summed E-state index contributed by atoms with van der Waals surface area (Å²) in [5.41, 5.74) is 2.11. The number of ether oxygens (including phenoxy) is 3. The average Bonchev–Trinajstić information content (AvgIpc) is 3.25. The monoisotopic (exact) mass is 420 g/mol. The van der Waals surface area contributed by atoms with Crippen LogP contribution in [0.25, 0.3) is 21.9 Å². The lowest BCUT2D eigenvalue weighted by Crippen LogP contribution is -2.50. The van der Waals surface area contributed by atoms with Gasteiger partial charge in [0.05, 0.1) is 6.54 Å². The maximum Gasteiger partial charge on any atom is 0.234 e. The van der Waals surface area contributed by atoms with E-state index in [9.17, 15) is 9.90 Å². The van der Waals surface area contributed by atoms with E-state index in [1.165, 1.54) is 0 Å². The summed E-state index contributed by atoms with van der Waals surface area (Å²) in [6.45, 7) is 2.46. The predicted octanol–water partition coefficient (Wildman–Crippen LogP) is 2.41. The molecule has 3 aromatic carbocycles. The van der Waals surface area contributed by atoms with Crippen LogP contribution in [0.2, 0.25) is 0 Å². The molecule has 1 saturated heterocycles. The highest BCUT2D eigenvalue weighted by molar-refractivity contribution is 6.00. The molecule has 2 aliphatic heterocycles. The molecule has 7 heteroatoms. The first-order chi connectivity index (χ1) is 15.2. The van der Waals surface area contributed by atoms with Crippen molar-refractivity contribution in [2.75, 3.05) is 39.6 Å². The van der Waals surface area contributed by atoms with E-state index < -0.39 is 6.10 Å². The molecule has 1 unspecified atom stereocenters. The zero-order valence-corrected chi connectivity index (χ0v) is 17.0. The highest BCUT2D eigenvalue weighted by Crippen LogP contribution is 2.39. The normalized spacial score (nSPS) is 16.9. The molecule has 2 N–H and O–H groups in total. The first kappa shape index (κ1) is 19.7. The van der Waals surface area contributed by atoms with E-state index in [-0.39, 0.29) is 19.3 Å². The number of carbonyl (C=O) groups is 1. The Labute approximate surface area is 180 Å². The summed E-state index contributed by atoms with van der Waals surface area (Å²) < 4.78 is 16.9. The molecule has 0 radical (unpaired) electrons. The quantitative estimate of drug-likeness (QED) is 0.638. The number of benzene rings is 3. The fourth-order valence-electron chi connectivity index (χ4n) is 4.10. The highest BCUT2D eigenvalue weighted by atomic mass is 16.7. The lowest BCUT2D eigenvalue weighted by Gasteiger charge is -2.28. The van der Waals surface area contributed by atoms with Gasteiger partial charge in [-0.25, -0.2) is 0 Å². The molecule has 0 bridgehead atoms. The minimum atomic E-state index is -0.682. The number of hydrogen-bond donors (Lipinski definition) is 2. The van der Waals surface area contributed by atoms with Gasteiger partial charge < -0.3 is 24.6 Å². The third-order valence-electron chi connectivity index (χ3n) is 5.59. The van der Waals surface area contributed by atoms with Crippen molar-refractivity contribution in [3.05, 3.63) is 54.6 Å². The van der Waals surface area contributed by atoms with Crippen LogP contribution >= 0.6 is 0 Å². The van der Waals surface area contributed by atoms with Crippen molar-refractivity contribution < 1.29 is 24.1 Å². The molecule has 5 rings (SSSR count). The van der Waals surface area contributed by atoms with Gasteiger partial charge in [0.2, 0.25) is 12.7 Å². The molecule has 1 amide bonds. The van der Waals surface area contributed by atoms with Crippen molar-refractivity contribution in [1.82, 2.24) is 10.2 Å². The zero-order chi connectivity index (χ0) is 21.2. The van der Waals surface area contributed by atoms with E-state index in [4.69, 9.17) is 14.2 Å². The van der Waals surface area contributed by atoms with Crippen molar-refractivity contribution in [3.63, 3.8) is 0 Å². The first-order valence-electron chi connectivity index (χ1n) is 10.4. The van der Waals surface area contributed by atoms with Crippen LogP contribution in [0.15, 0.2) is 54.6 Å². The molecule has 0 aliphatic carbocycles. The molecule has 7 nitrogen and oxygen atoms in total. The van der Waals surface area contributed by atoms with Crippen LogP contribution in [0.3, 0.4) is 0 Å². The summed E-state index contributed by atoms with van der Waals surface area (Å²) in [5, 5.41) is 15.2. The summed E-state index contributed by atoms with van der Waals surface area (Å²) >= 11 is 0. The van der Waals surface area contributed by atoms with Gasteiger partial charge in [-0.2, -0.15) is 0 Å². The molecule has 1 atom stereocenters. The summed E-state index contributed by atoms with van der Waals surface area (Å²) in [4.78, 5) is 13.4. The van der Waals surface area contributed by atoms with Gasteiger partial charge in [0.1, 0.15) is 18.5 Å². The Kier molecular flexibility index (Phi) is 5.36. The molecule has 0 spiro atoms. The van der Waals surface area contributed by atoms with E-state index in [1.54, 1.807) is 0 Å². The summed E-state index contributed by atoms with van der Waals surface area (Å²) in [5.74, 6) is 2.21.